The van der Waals surface area contributed by atoms with Crippen molar-refractivity contribution in [3.63, 3.8) is 0 Å². The third-order valence-corrected chi connectivity index (χ3v) is 23.8. The van der Waals surface area contributed by atoms with Crippen LogP contribution in [0.25, 0.3) is 22.7 Å². The number of nitrogens with one attached hydrogen (secondary N) is 8. The van der Waals surface area contributed by atoms with Gasteiger partial charge in [0.1, 0.15) is 38.4 Å². The van der Waals surface area contributed by atoms with E-state index in [0.717, 1.165) is 68.2 Å². The molecule has 0 unspecified atom stereocenters. The molecule has 4 aromatic carbocycles. The summed E-state index contributed by atoms with van der Waals surface area (Å²) in [4.78, 5) is 170. The van der Waals surface area contributed by atoms with E-state index in [-0.39, 0.29) is 109 Å². The Balaban J connectivity index is 0.000000195. The Labute approximate surface area is 727 Å². The van der Waals surface area contributed by atoms with Crippen molar-refractivity contribution in [2.75, 3.05) is 5.75 Å². The highest BCUT2D eigenvalue weighted by molar-refractivity contribution is 8.00. The number of carboxylic acids is 2. The van der Waals surface area contributed by atoms with Gasteiger partial charge in [-0.05, 0) is 96.5 Å². The van der Waals surface area contributed by atoms with Crippen molar-refractivity contribution in [2.24, 2.45) is 0 Å². The highest BCUT2D eigenvalue weighted by atomic mass is 35.5. The van der Waals surface area contributed by atoms with E-state index in [9.17, 15) is 75.5 Å². The molecular weight excluding hydrogens is 1840 g/mol. The van der Waals surface area contributed by atoms with Crippen LogP contribution in [0, 0.1) is 11.3 Å². The molecule has 39 nitrogen and oxygen atoms in total. The minimum atomic E-state index is -4.30. The Morgan fingerprint density at radius 2 is 0.725 bits per heavy atom. The predicted octanol–water partition coefficient (Wildman–Crippen LogP) is 8.59. The lowest BCUT2D eigenvalue weighted by atomic mass is 10.1. The zero-order valence-corrected chi connectivity index (χ0v) is 72.2. The molecule has 626 valence electrons. The number of halogens is 8. The van der Waals surface area contributed by atoms with Gasteiger partial charge in [0.15, 0.2) is 5.03 Å². The molecule has 0 amide bonds. The summed E-state index contributed by atoms with van der Waals surface area (Å²) in [5.74, 6) is -2.80. The van der Waals surface area contributed by atoms with Crippen molar-refractivity contribution >= 4 is 162 Å². The molecule has 0 bridgehead atoms. The fourth-order valence-corrected chi connectivity index (χ4v) is 16.6. The lowest BCUT2D eigenvalue weighted by molar-refractivity contribution is -0.133. The van der Waals surface area contributed by atoms with Gasteiger partial charge in [0.05, 0.1) is 83.4 Å². The number of thiol groups is 1. The van der Waals surface area contributed by atoms with E-state index in [4.69, 9.17) is 108 Å². The van der Waals surface area contributed by atoms with Crippen LogP contribution in [0.4, 0.5) is 0 Å². The van der Waals surface area contributed by atoms with Crippen molar-refractivity contribution in [3.05, 3.63) is 284 Å². The topological polar surface area (TPSA) is 587 Å². The Hall–Kier alpha value is -11.1. The van der Waals surface area contributed by atoms with E-state index < -0.39 is 93.6 Å². The van der Waals surface area contributed by atoms with Crippen LogP contribution in [-0.4, -0.2) is 136 Å². The zero-order valence-electron chi connectivity index (χ0n) is 61.9. The van der Waals surface area contributed by atoms with Crippen molar-refractivity contribution in [2.45, 2.75) is 119 Å². The fourth-order valence-electron chi connectivity index (χ4n) is 9.70. The van der Waals surface area contributed by atoms with Gasteiger partial charge in [0, 0.05) is 22.3 Å². The molecule has 0 aliphatic rings. The number of aromatic nitrogens is 20. The molecule has 8 heterocycles. The van der Waals surface area contributed by atoms with Crippen LogP contribution >= 0.6 is 141 Å². The van der Waals surface area contributed by atoms with Crippen LogP contribution in [0.1, 0.15) is 117 Å². The molecule has 120 heavy (non-hydrogen) atoms. The van der Waals surface area contributed by atoms with Crippen LogP contribution < -0.4 is 67.2 Å². The molecule has 8 aromatic heterocycles. The zero-order chi connectivity index (χ0) is 89.0. The first kappa shape index (κ1) is 94.4. The molecule has 10 N–H and O–H groups in total. The van der Waals surface area contributed by atoms with Crippen molar-refractivity contribution < 1.29 is 28.2 Å². The molecule has 0 saturated carbocycles. The van der Waals surface area contributed by atoms with Gasteiger partial charge in [-0.3, -0.25) is 63.1 Å². The number of aliphatic carboxylic acids is 1. The first-order valence-electron chi connectivity index (χ1n) is 33.3. The smallest absolute Gasteiger partial charge is 0.362 e. The summed E-state index contributed by atoms with van der Waals surface area (Å²) in [6, 6.07) is 18.5. The molecule has 12 aromatic rings. The van der Waals surface area contributed by atoms with E-state index in [1.807, 2.05) is 56.5 Å². The van der Waals surface area contributed by atoms with E-state index in [0.29, 0.717) is 56.8 Å². The number of benzene rings is 4. The summed E-state index contributed by atoms with van der Waals surface area (Å²) in [5, 5.41) is 67.0. The third kappa shape index (κ3) is 23.3. The molecule has 0 radical (unpaired) electrons. The summed E-state index contributed by atoms with van der Waals surface area (Å²) in [6.07, 6.45) is 1.84. The predicted molar refractivity (Wildman–Crippen MR) is 449 cm³/mol. The fraction of sp³-hybridized carbons (Fsp3) is 0.191. The first-order chi connectivity index (χ1) is 56.3. The van der Waals surface area contributed by atoms with E-state index >= 15 is 0 Å². The minimum absolute atomic E-state index is 0.00179. The molecule has 0 aliphatic heterocycles. The maximum Gasteiger partial charge on any atom is 0.362 e. The molecule has 52 heteroatoms. The number of sulfone groups is 1. The summed E-state index contributed by atoms with van der Waals surface area (Å²) in [7, 11) is -4.30. The van der Waals surface area contributed by atoms with Crippen LogP contribution in [0.15, 0.2) is 182 Å². The highest BCUT2D eigenvalue weighted by Crippen LogP contribution is 2.43. The standard InChI is InChI=1S/C17H12Cl2N6O3S.C17H13Cl2N5O5S.C16H13Cl2N5O5S.C16H13Cl2N5O3S.C2H4O2S/c1-7(2)9-5-13(22-23-15(9)26)29-14-10(18)3-8(4-11(14)19)25-17(28)21-16(27)12(6-20)24-25;1-6(2)8-5-11(21-22-14(8)25)30-13-9(18)3-7(4-10(13)19)24-17(29)20-15(26)12(23-24)16(27)28;1-7(2)9-5-13(21-22-15(9)25)29(27,28)14-10(17)3-8(4-11(14)18)23-16(26)20-12(24)6-19-23;1-7(2)9-5-13(21-22-15(9)25)27-14-10(17)3-8(4-11(14)18)23-16(26)20-12(24)6-19-23;3-2(4)1-5/h3-5,7H,1-2H3,(H,23,26)(H,21,27,28);3-6H,1-2H3,(H,22,25)(H,27,28)(H,20,26,29);3-7H,1-2H3,(H,22,25)(H,20,24,26);3-7H,1-2H3,(H,22,25)(H,20,24,26);5H,1H2,(H,3,4). The number of nitrogens with zero attached hydrogens (tertiary/aromatic N) is 13. The normalized spacial score (nSPS) is 11.1. The second-order valence-corrected chi connectivity index (χ2v) is 33.6. The van der Waals surface area contributed by atoms with E-state index in [1.54, 1.807) is 38.1 Å². The number of rotatable bonds is 18. The quantitative estimate of drug-likeness (QED) is 0.0358. The maximum absolute atomic E-state index is 13.0. The van der Waals surface area contributed by atoms with Gasteiger partial charge in [-0.15, -0.1) is 5.10 Å². The number of H-pyrrole nitrogens is 8. The van der Waals surface area contributed by atoms with Crippen LogP contribution in [0.5, 0.6) is 0 Å². The van der Waals surface area contributed by atoms with Crippen molar-refractivity contribution in [3.8, 4) is 28.8 Å². The van der Waals surface area contributed by atoms with Gasteiger partial charge < -0.3 is 10.2 Å². The number of hydrogen-bond acceptors (Lipinski definition) is 29. The monoisotopic (exact) mass is 1890 g/mol. The second kappa shape index (κ2) is 40.8. The lowest BCUT2D eigenvalue weighted by Crippen LogP contribution is -2.35. The van der Waals surface area contributed by atoms with Gasteiger partial charge in [-0.2, -0.15) is 72.3 Å². The Kier molecular flexibility index (Phi) is 32.1. The second-order valence-electron chi connectivity index (χ2n) is 25.1. The molecule has 0 spiro atoms. The van der Waals surface area contributed by atoms with Crippen molar-refractivity contribution in [1.29, 1.82) is 5.26 Å². The van der Waals surface area contributed by atoms with Crippen LogP contribution in [0.2, 0.25) is 40.2 Å². The summed E-state index contributed by atoms with van der Waals surface area (Å²) < 4.78 is 29.3. The Morgan fingerprint density at radius 3 is 1.03 bits per heavy atom. The van der Waals surface area contributed by atoms with E-state index in [2.05, 4.69) is 78.8 Å². The number of aromatic amines is 8. The van der Waals surface area contributed by atoms with Gasteiger partial charge in [-0.25, -0.2) is 52.8 Å². The largest absolute Gasteiger partial charge is 0.481 e. The number of carboxylic acid groups (broad SMARTS) is 2. The lowest BCUT2D eigenvalue weighted by Gasteiger charge is -2.12. The highest BCUT2D eigenvalue weighted by Gasteiger charge is 2.29. The van der Waals surface area contributed by atoms with E-state index in [1.165, 1.54) is 48.2 Å². The molecule has 12 rings (SSSR count). The number of nitriles is 1. The van der Waals surface area contributed by atoms with Gasteiger partial charge in [0.2, 0.25) is 21.2 Å². The van der Waals surface area contributed by atoms with Gasteiger partial charge >= 0.3 is 34.7 Å². The summed E-state index contributed by atoms with van der Waals surface area (Å²) in [5.41, 5.74) is -6.84. The van der Waals surface area contributed by atoms with Gasteiger partial charge in [-0.1, -0.05) is 183 Å². The molecular formula is C68H55Cl8N21O18S5. The first-order valence-corrected chi connectivity index (χ1v) is 40.9. The Bertz CT molecular complexity index is 6910. The molecule has 0 saturated heterocycles. The SMILES string of the molecule is CC(C)c1cc(S(=O)(=O)c2c(Cl)cc(-n3ncc(=O)[nH]c3=O)cc2Cl)n[nH]c1=O.CC(C)c1cc(Sc2c(Cl)cc(-n3nc(C#N)c(=O)[nH]c3=O)cc2Cl)n[nH]c1=O.CC(C)c1cc(Sc2c(Cl)cc(-n3nc(C(=O)O)c(=O)[nH]c3=O)cc2Cl)n[nH]c1=O.CC(C)c1cc(Sc2c(Cl)cc(-n3ncc(=O)[nH]c3=O)cc2Cl)n[nH]c1=O.O=C(O)CS. The van der Waals surface area contributed by atoms with Crippen molar-refractivity contribution in [1.82, 2.24) is 99.8 Å². The van der Waals surface area contributed by atoms with Crippen LogP contribution in [-0.2, 0) is 14.6 Å². The third-order valence-electron chi connectivity index (χ3n) is 15.3. The number of aromatic carboxylic acids is 1. The Morgan fingerprint density at radius 1 is 0.433 bits per heavy atom. The molecule has 0 atom stereocenters. The summed E-state index contributed by atoms with van der Waals surface area (Å²) >= 11 is 57.1. The summed E-state index contributed by atoms with van der Waals surface area (Å²) in [6.45, 7) is 14.8. The van der Waals surface area contributed by atoms with Crippen LogP contribution in [0.3, 0.4) is 0 Å². The number of hydrogen-bond donors (Lipinski definition) is 11. The average molecular weight is 1900 g/mol. The average Bonchev–Trinajstić information content (AvgIpc) is 0.761. The number of carbonyl (C=O) groups is 2. The minimum Gasteiger partial charge on any atom is -0.481 e. The molecule has 0 aliphatic carbocycles. The van der Waals surface area contributed by atoms with Gasteiger partial charge in [0.25, 0.3) is 44.5 Å². The maximum atomic E-state index is 13.0. The molecule has 0 fully saturated rings.